The molecule has 0 aliphatic heterocycles. The van der Waals surface area contributed by atoms with Crippen molar-refractivity contribution in [1.82, 2.24) is 0 Å². The first kappa shape index (κ1) is 26.3. The van der Waals surface area contributed by atoms with E-state index in [0.29, 0.717) is 0 Å². The summed E-state index contributed by atoms with van der Waals surface area (Å²) in [6, 6.07) is 14.1. The van der Waals surface area contributed by atoms with Gasteiger partial charge < -0.3 is 9.47 Å². The highest BCUT2D eigenvalue weighted by atomic mass is 19.4. The molecule has 0 saturated heterocycles. The Morgan fingerprint density at radius 3 is 1.36 bits per heavy atom. The predicted molar refractivity (Wildman–Crippen MR) is 119 cm³/mol. The lowest BCUT2D eigenvalue weighted by molar-refractivity contribution is -0.138. The topological polar surface area (TPSA) is 52.6 Å². The minimum Gasteiger partial charge on any atom is -0.423 e. The van der Waals surface area contributed by atoms with Gasteiger partial charge in [0.05, 0.1) is 11.1 Å². The molecule has 0 fully saturated rings. The number of benzene rings is 3. The first-order valence-electron chi connectivity index (χ1n) is 10.1. The van der Waals surface area contributed by atoms with Crippen LogP contribution in [0.15, 0.2) is 84.9 Å². The Kier molecular flexibility index (Phi) is 7.98. The highest BCUT2D eigenvalue weighted by Crippen LogP contribution is 2.30. The van der Waals surface area contributed by atoms with Crippen LogP contribution in [-0.4, -0.2) is 11.9 Å². The summed E-state index contributed by atoms with van der Waals surface area (Å²) < 4.78 is 86.8. The van der Waals surface area contributed by atoms with E-state index < -0.39 is 35.4 Å². The smallest absolute Gasteiger partial charge is 0.416 e. The number of hydrogen-bond donors (Lipinski definition) is 0. The van der Waals surface area contributed by atoms with E-state index in [4.69, 9.17) is 9.47 Å². The molecule has 0 bridgehead atoms. The van der Waals surface area contributed by atoms with E-state index in [9.17, 15) is 35.9 Å². The standard InChI is InChI=1S/C26H16F6O4/c27-25(28,29)19-6-1-4-17(14-19)10-12-23(33)35-21-8-3-9-22(16-21)36-24(34)13-11-18-5-2-7-20(15-18)26(30,31)32/h1-16H/b12-10+,13-11+. The molecule has 0 aliphatic rings. The number of hydrogen-bond acceptors (Lipinski definition) is 4. The monoisotopic (exact) mass is 506 g/mol. The molecule has 0 unspecified atom stereocenters. The molecule has 3 rings (SSSR count). The van der Waals surface area contributed by atoms with E-state index in [0.717, 1.165) is 48.6 Å². The molecule has 3 aromatic carbocycles. The van der Waals surface area contributed by atoms with Gasteiger partial charge in [-0.1, -0.05) is 30.3 Å². The maximum Gasteiger partial charge on any atom is 0.416 e. The van der Waals surface area contributed by atoms with Crippen LogP contribution < -0.4 is 9.47 Å². The summed E-state index contributed by atoms with van der Waals surface area (Å²) in [5, 5.41) is 0. The van der Waals surface area contributed by atoms with Gasteiger partial charge in [-0.15, -0.1) is 0 Å². The van der Waals surface area contributed by atoms with Crippen molar-refractivity contribution in [1.29, 1.82) is 0 Å². The molecule has 4 nitrogen and oxygen atoms in total. The van der Waals surface area contributed by atoms with Gasteiger partial charge in [0.2, 0.25) is 0 Å². The number of ether oxygens (including phenoxy) is 2. The number of halogens is 6. The van der Waals surface area contributed by atoms with E-state index in [-0.39, 0.29) is 22.6 Å². The summed E-state index contributed by atoms with van der Waals surface area (Å²) in [6.45, 7) is 0. The molecule has 0 amide bonds. The molecule has 0 aromatic heterocycles. The van der Waals surface area contributed by atoms with Crippen LogP contribution in [0.2, 0.25) is 0 Å². The van der Waals surface area contributed by atoms with Crippen molar-refractivity contribution in [3.8, 4) is 11.5 Å². The third kappa shape index (κ3) is 7.86. The van der Waals surface area contributed by atoms with Gasteiger partial charge in [-0.05, 0) is 59.7 Å². The zero-order valence-electron chi connectivity index (χ0n) is 18.1. The van der Waals surface area contributed by atoms with Crippen LogP contribution in [0.5, 0.6) is 11.5 Å². The minimum atomic E-state index is -4.52. The Labute approximate surface area is 201 Å². The quantitative estimate of drug-likeness (QED) is 0.157. The molecule has 186 valence electrons. The highest BCUT2D eigenvalue weighted by molar-refractivity contribution is 5.89. The summed E-state index contributed by atoms with van der Waals surface area (Å²) in [7, 11) is 0. The van der Waals surface area contributed by atoms with Crippen molar-refractivity contribution in [3.63, 3.8) is 0 Å². The Balaban J connectivity index is 1.60. The van der Waals surface area contributed by atoms with Crippen molar-refractivity contribution in [2.45, 2.75) is 12.4 Å². The average Bonchev–Trinajstić information content (AvgIpc) is 2.81. The number of esters is 2. The van der Waals surface area contributed by atoms with Gasteiger partial charge in [0.25, 0.3) is 0 Å². The fourth-order valence-electron chi connectivity index (χ4n) is 2.87. The van der Waals surface area contributed by atoms with Crippen LogP contribution in [0, 0.1) is 0 Å². The predicted octanol–water partition coefficient (Wildman–Crippen LogP) is 6.96. The lowest BCUT2D eigenvalue weighted by atomic mass is 10.1. The van der Waals surface area contributed by atoms with E-state index in [1.807, 2.05) is 0 Å². The van der Waals surface area contributed by atoms with Crippen molar-refractivity contribution in [3.05, 3.63) is 107 Å². The molecule has 3 aromatic rings. The van der Waals surface area contributed by atoms with Crippen molar-refractivity contribution in [2.24, 2.45) is 0 Å². The summed E-state index contributed by atoms with van der Waals surface area (Å²) in [4.78, 5) is 24.1. The van der Waals surface area contributed by atoms with Gasteiger partial charge in [0.1, 0.15) is 11.5 Å². The molecule has 36 heavy (non-hydrogen) atoms. The summed E-state index contributed by atoms with van der Waals surface area (Å²) in [6.07, 6.45) is -4.87. The zero-order chi connectivity index (χ0) is 26.3. The van der Waals surface area contributed by atoms with E-state index in [1.165, 1.54) is 48.5 Å². The highest BCUT2D eigenvalue weighted by Gasteiger charge is 2.30. The van der Waals surface area contributed by atoms with Gasteiger partial charge >= 0.3 is 24.3 Å². The Bertz CT molecular complexity index is 1210. The summed E-state index contributed by atoms with van der Waals surface area (Å²) >= 11 is 0. The number of carbonyl (C=O) groups excluding carboxylic acids is 2. The molecular weight excluding hydrogens is 490 g/mol. The largest absolute Gasteiger partial charge is 0.423 e. The molecular formula is C26H16F6O4. The Hall–Kier alpha value is -4.34. The Morgan fingerprint density at radius 1 is 0.583 bits per heavy atom. The second kappa shape index (κ2) is 10.9. The fourth-order valence-corrected chi connectivity index (χ4v) is 2.87. The first-order chi connectivity index (χ1) is 16.9. The molecule has 0 heterocycles. The van der Waals surface area contributed by atoms with Crippen LogP contribution in [0.25, 0.3) is 12.2 Å². The lowest BCUT2D eigenvalue weighted by Crippen LogP contribution is -2.06. The molecule has 0 atom stereocenters. The van der Waals surface area contributed by atoms with E-state index >= 15 is 0 Å². The normalized spacial score (nSPS) is 12.2. The third-order valence-corrected chi connectivity index (χ3v) is 4.49. The maximum atomic E-state index is 12.8. The maximum absolute atomic E-state index is 12.8. The second-order valence-electron chi connectivity index (χ2n) is 7.23. The molecule has 10 heteroatoms. The van der Waals surface area contributed by atoms with Crippen LogP contribution >= 0.6 is 0 Å². The van der Waals surface area contributed by atoms with Crippen LogP contribution in [0.3, 0.4) is 0 Å². The molecule has 0 saturated carbocycles. The first-order valence-corrected chi connectivity index (χ1v) is 10.1. The number of carbonyl (C=O) groups is 2. The Morgan fingerprint density at radius 2 is 0.972 bits per heavy atom. The fraction of sp³-hybridized carbons (Fsp3) is 0.0769. The number of alkyl halides is 6. The van der Waals surface area contributed by atoms with Crippen LogP contribution in [0.4, 0.5) is 26.3 Å². The zero-order valence-corrected chi connectivity index (χ0v) is 18.1. The van der Waals surface area contributed by atoms with Gasteiger partial charge in [-0.25, -0.2) is 9.59 Å². The molecule has 0 spiro atoms. The third-order valence-electron chi connectivity index (χ3n) is 4.49. The summed E-state index contributed by atoms with van der Waals surface area (Å²) in [5.41, 5.74) is -1.46. The average molecular weight is 506 g/mol. The molecule has 0 radical (unpaired) electrons. The van der Waals surface area contributed by atoms with Crippen molar-refractivity contribution in [2.75, 3.05) is 0 Å². The molecule has 0 N–H and O–H groups in total. The minimum absolute atomic E-state index is 0.0131. The van der Waals surface area contributed by atoms with Crippen molar-refractivity contribution >= 4 is 24.1 Å². The van der Waals surface area contributed by atoms with Crippen LogP contribution in [0.1, 0.15) is 22.3 Å². The van der Waals surface area contributed by atoms with Gasteiger partial charge in [-0.2, -0.15) is 26.3 Å². The SMILES string of the molecule is O=C(/C=C/c1cccc(C(F)(F)F)c1)Oc1cccc(OC(=O)/C=C/c2cccc(C(F)(F)F)c2)c1. The van der Waals surface area contributed by atoms with Crippen molar-refractivity contribution < 1.29 is 45.4 Å². The van der Waals surface area contributed by atoms with Gasteiger partial charge in [0.15, 0.2) is 0 Å². The molecule has 0 aliphatic carbocycles. The lowest BCUT2D eigenvalue weighted by Gasteiger charge is -2.07. The van der Waals surface area contributed by atoms with Crippen LogP contribution in [-0.2, 0) is 21.9 Å². The van der Waals surface area contributed by atoms with E-state index in [1.54, 1.807) is 0 Å². The number of rotatable bonds is 6. The van der Waals surface area contributed by atoms with Gasteiger partial charge in [-0.3, -0.25) is 0 Å². The second-order valence-corrected chi connectivity index (χ2v) is 7.23. The van der Waals surface area contributed by atoms with Gasteiger partial charge in [0, 0.05) is 18.2 Å². The van der Waals surface area contributed by atoms with E-state index in [2.05, 4.69) is 0 Å². The summed E-state index contributed by atoms with van der Waals surface area (Å²) in [5.74, 6) is -1.80.